The number of benzene rings is 1. The van der Waals surface area contributed by atoms with Gasteiger partial charge in [0.15, 0.2) is 5.65 Å². The van der Waals surface area contributed by atoms with E-state index in [-0.39, 0.29) is 40.7 Å². The molecule has 46 heavy (non-hydrogen) atoms. The topological polar surface area (TPSA) is 134 Å². The second-order valence-electron chi connectivity index (χ2n) is 10.9. The van der Waals surface area contributed by atoms with Crippen molar-refractivity contribution >= 4 is 34.9 Å². The van der Waals surface area contributed by atoms with Crippen LogP contribution in [0.25, 0.3) is 16.9 Å². The van der Waals surface area contributed by atoms with Gasteiger partial charge in [-0.1, -0.05) is 6.42 Å². The standard InChI is InChI=1S/C30H34F2N8O3S.CHN/c1-44-21-6-7-25(43-30(31)32)22(16-21)27-24(35-29(42)23-17-34-40-13-5-10-33-28(23)40)18-39(36-27)19-26(41)38-14-8-20(9-15-38)37-11-3-2-4-12-37;1-2/h5-7,10,13,16-18,20,30H,2-4,8-9,11-12,14-15,19H2,1H3,(H,35,42);1H. The summed E-state index contributed by atoms with van der Waals surface area (Å²) in [6.45, 7) is 3.97. The molecule has 0 bridgehead atoms. The molecule has 2 aliphatic heterocycles. The number of nitriles is 1. The van der Waals surface area contributed by atoms with Gasteiger partial charge < -0.3 is 19.9 Å². The number of hydrogen-bond donors (Lipinski definition) is 1. The fourth-order valence-corrected chi connectivity index (χ4v) is 6.43. The van der Waals surface area contributed by atoms with Crippen molar-refractivity contribution in [3.8, 4) is 23.6 Å². The van der Waals surface area contributed by atoms with E-state index in [9.17, 15) is 18.4 Å². The lowest BCUT2D eigenvalue weighted by molar-refractivity contribution is -0.133. The molecule has 0 atom stereocenters. The van der Waals surface area contributed by atoms with Gasteiger partial charge in [-0.15, -0.1) is 11.8 Å². The van der Waals surface area contributed by atoms with Crippen LogP contribution in [0.2, 0.25) is 0 Å². The van der Waals surface area contributed by atoms with Gasteiger partial charge in [-0.2, -0.15) is 19.0 Å². The van der Waals surface area contributed by atoms with Crippen molar-refractivity contribution in [1.29, 1.82) is 5.26 Å². The number of amides is 2. The summed E-state index contributed by atoms with van der Waals surface area (Å²) >= 11 is 1.42. The number of nitrogens with zero attached hydrogens (tertiary/aromatic N) is 8. The van der Waals surface area contributed by atoms with Gasteiger partial charge in [0.25, 0.3) is 5.91 Å². The largest absolute Gasteiger partial charge is 0.434 e. The van der Waals surface area contributed by atoms with Gasteiger partial charge in [0.2, 0.25) is 5.91 Å². The van der Waals surface area contributed by atoms with Crippen LogP contribution in [0, 0.1) is 11.8 Å². The average molecular weight is 652 g/mol. The molecule has 1 aromatic carbocycles. The van der Waals surface area contributed by atoms with Gasteiger partial charge in [-0.25, -0.2) is 14.8 Å². The SMILES string of the molecule is C#N.CSc1ccc(OC(F)F)c(-c2nn(CC(=O)N3CCC(N4CCCCC4)CC3)cc2NC(=O)c2cnn3cccnc23)c1. The smallest absolute Gasteiger partial charge is 0.387 e. The Balaban J connectivity index is 0.00000204. The maximum atomic E-state index is 13.4. The first kappa shape index (κ1) is 32.8. The molecule has 2 saturated heterocycles. The molecule has 0 spiro atoms. The third kappa shape index (κ3) is 7.45. The highest BCUT2D eigenvalue weighted by molar-refractivity contribution is 7.98. The Morgan fingerprint density at radius 3 is 2.63 bits per heavy atom. The Morgan fingerprint density at radius 2 is 1.91 bits per heavy atom. The van der Waals surface area contributed by atoms with E-state index in [1.807, 2.05) is 11.2 Å². The fraction of sp³-hybridized carbons (Fsp3) is 0.419. The number of fused-ring (bicyclic) bond motifs is 1. The van der Waals surface area contributed by atoms with E-state index in [2.05, 4.69) is 32.0 Å². The lowest BCUT2D eigenvalue weighted by Gasteiger charge is -2.40. The Labute approximate surface area is 269 Å². The normalized spacial score (nSPS) is 15.8. The van der Waals surface area contributed by atoms with Crippen LogP contribution in [0.5, 0.6) is 5.75 Å². The third-order valence-corrected chi connectivity index (χ3v) is 8.94. The van der Waals surface area contributed by atoms with Gasteiger partial charge in [0.1, 0.15) is 23.6 Å². The number of thioether (sulfide) groups is 1. The van der Waals surface area contributed by atoms with Crippen molar-refractivity contribution in [2.24, 2.45) is 0 Å². The van der Waals surface area contributed by atoms with E-state index in [4.69, 9.17) is 10.00 Å². The highest BCUT2D eigenvalue weighted by atomic mass is 32.2. The minimum absolute atomic E-state index is 0.0667. The van der Waals surface area contributed by atoms with Crippen LogP contribution in [0.1, 0.15) is 42.5 Å². The van der Waals surface area contributed by atoms with E-state index in [1.165, 1.54) is 52.5 Å². The molecule has 3 aromatic heterocycles. The van der Waals surface area contributed by atoms with Gasteiger partial charge in [-0.05, 0) is 69.3 Å². The number of alkyl halides is 2. The number of carbonyl (C=O) groups is 2. The Kier molecular flexibility index (Phi) is 10.8. The van der Waals surface area contributed by atoms with Crippen molar-refractivity contribution in [2.45, 2.75) is 56.2 Å². The van der Waals surface area contributed by atoms with Crippen molar-refractivity contribution in [3.05, 3.63) is 54.6 Å². The summed E-state index contributed by atoms with van der Waals surface area (Å²) in [6, 6.07) is 6.99. The van der Waals surface area contributed by atoms with E-state index in [0.29, 0.717) is 24.8 Å². The molecule has 0 radical (unpaired) electrons. The average Bonchev–Trinajstić information content (AvgIpc) is 3.70. The fourth-order valence-electron chi connectivity index (χ4n) is 5.99. The number of anilines is 1. The zero-order valence-corrected chi connectivity index (χ0v) is 26.2. The molecule has 2 amide bonds. The first-order valence-electron chi connectivity index (χ1n) is 15.0. The van der Waals surface area contributed by atoms with Crippen LogP contribution < -0.4 is 10.1 Å². The molecule has 0 saturated carbocycles. The Morgan fingerprint density at radius 1 is 1.15 bits per heavy atom. The minimum atomic E-state index is -3.06. The summed E-state index contributed by atoms with van der Waals surface area (Å²) in [5, 5.41) is 18.1. The first-order chi connectivity index (χ1) is 22.4. The van der Waals surface area contributed by atoms with E-state index < -0.39 is 12.5 Å². The van der Waals surface area contributed by atoms with Crippen molar-refractivity contribution in [1.82, 2.24) is 34.2 Å². The Hall–Kier alpha value is -4.55. The number of rotatable bonds is 9. The summed E-state index contributed by atoms with van der Waals surface area (Å²) < 4.78 is 34.5. The highest BCUT2D eigenvalue weighted by Crippen LogP contribution is 2.38. The van der Waals surface area contributed by atoms with Crippen molar-refractivity contribution < 1.29 is 23.1 Å². The number of carbonyl (C=O) groups excluding carboxylic acids is 2. The molecule has 242 valence electrons. The molecule has 4 aromatic rings. The predicted molar refractivity (Wildman–Crippen MR) is 169 cm³/mol. The number of nitrogens with one attached hydrogen (secondary N) is 1. The summed E-state index contributed by atoms with van der Waals surface area (Å²) in [6.07, 6.45) is 13.7. The molecule has 15 heteroatoms. The summed E-state index contributed by atoms with van der Waals surface area (Å²) in [7, 11) is 0. The predicted octanol–water partition coefficient (Wildman–Crippen LogP) is 4.79. The van der Waals surface area contributed by atoms with E-state index in [1.54, 1.807) is 36.8 Å². The second-order valence-corrected chi connectivity index (χ2v) is 11.8. The van der Waals surface area contributed by atoms with Gasteiger partial charge in [0.05, 0.1) is 11.9 Å². The maximum Gasteiger partial charge on any atom is 0.387 e. The number of piperidine rings is 2. The zero-order chi connectivity index (χ0) is 32.6. The third-order valence-electron chi connectivity index (χ3n) is 8.21. The Bertz CT molecular complexity index is 1680. The molecule has 0 unspecified atom stereocenters. The second kappa shape index (κ2) is 15.2. The molecule has 6 rings (SSSR count). The van der Waals surface area contributed by atoms with Crippen molar-refractivity contribution in [2.75, 3.05) is 37.8 Å². The molecule has 5 heterocycles. The van der Waals surface area contributed by atoms with Crippen LogP contribution in [0.15, 0.2) is 53.9 Å². The molecule has 1 N–H and O–H groups in total. The summed E-state index contributed by atoms with van der Waals surface area (Å²) in [4.78, 5) is 36.3. The minimum Gasteiger partial charge on any atom is -0.434 e. The summed E-state index contributed by atoms with van der Waals surface area (Å²) in [5.41, 5.74) is 1.27. The lowest BCUT2D eigenvalue weighted by atomic mass is 10.00. The van der Waals surface area contributed by atoms with Gasteiger partial charge in [-0.3, -0.25) is 14.3 Å². The first-order valence-corrected chi connectivity index (χ1v) is 16.2. The molecule has 0 aliphatic carbocycles. The molecular weight excluding hydrogens is 616 g/mol. The number of aromatic nitrogens is 5. The lowest BCUT2D eigenvalue weighted by Crippen LogP contribution is -2.48. The van der Waals surface area contributed by atoms with E-state index >= 15 is 0 Å². The zero-order valence-electron chi connectivity index (χ0n) is 25.4. The summed E-state index contributed by atoms with van der Waals surface area (Å²) in [5.74, 6) is -0.701. The van der Waals surface area contributed by atoms with Crippen molar-refractivity contribution in [3.63, 3.8) is 0 Å². The van der Waals surface area contributed by atoms with Crippen LogP contribution in [0.3, 0.4) is 0 Å². The van der Waals surface area contributed by atoms with Crippen LogP contribution in [0.4, 0.5) is 14.5 Å². The molecule has 2 fully saturated rings. The van der Waals surface area contributed by atoms with E-state index in [0.717, 1.165) is 30.8 Å². The van der Waals surface area contributed by atoms with Gasteiger partial charge >= 0.3 is 6.61 Å². The quantitative estimate of drug-likeness (QED) is 0.254. The highest BCUT2D eigenvalue weighted by Gasteiger charge is 2.29. The van der Waals surface area contributed by atoms with Crippen LogP contribution in [-0.4, -0.2) is 91.1 Å². The van der Waals surface area contributed by atoms with Gasteiger partial charge in [0, 0.05) is 54.8 Å². The number of halogens is 2. The van der Waals surface area contributed by atoms with Crippen LogP contribution in [-0.2, 0) is 11.3 Å². The monoisotopic (exact) mass is 651 g/mol. The maximum absolute atomic E-state index is 13.4. The van der Waals surface area contributed by atoms with Crippen LogP contribution >= 0.6 is 11.8 Å². The molecular formula is C31H35F2N9O3S. The number of hydrogen-bond acceptors (Lipinski definition) is 9. The number of ether oxygens (including phenoxy) is 1. The molecule has 12 nitrogen and oxygen atoms in total. The number of likely N-dealkylation sites (tertiary alicyclic amines) is 2. The molecule has 2 aliphatic rings.